The number of carbonyl (C=O) groups is 1. The third-order valence-electron chi connectivity index (χ3n) is 2.81. The van der Waals surface area contributed by atoms with Crippen LogP contribution in [0.5, 0.6) is 0 Å². The molecular formula is C9H12N2O3S. The summed E-state index contributed by atoms with van der Waals surface area (Å²) < 4.78 is 8.91. The molecule has 6 heteroatoms. The number of piperidine rings is 1. The van der Waals surface area contributed by atoms with Gasteiger partial charge >= 0.3 is 4.94 Å². The quantitative estimate of drug-likeness (QED) is 0.703. The third kappa shape index (κ3) is 2.09. The Balaban J connectivity index is 2.12. The number of hydrogen-bond donors (Lipinski definition) is 0. The van der Waals surface area contributed by atoms with Crippen LogP contribution in [0.25, 0.3) is 0 Å². The van der Waals surface area contributed by atoms with E-state index in [4.69, 9.17) is 4.42 Å². The Hall–Kier alpha value is -1.17. The minimum atomic E-state index is -0.374. The number of likely N-dealkylation sites (tertiary alicyclic amines) is 1. The van der Waals surface area contributed by atoms with E-state index in [0.29, 0.717) is 12.4 Å². The minimum Gasteiger partial charge on any atom is -0.398 e. The summed E-state index contributed by atoms with van der Waals surface area (Å²) in [5, 5.41) is 0. The first-order valence-electron chi connectivity index (χ1n) is 4.88. The van der Waals surface area contributed by atoms with Crippen molar-refractivity contribution in [1.82, 2.24) is 9.27 Å². The molecule has 1 aliphatic heterocycles. The number of nitrogens with zero attached hydrogens (tertiary/aromatic N) is 2. The van der Waals surface area contributed by atoms with E-state index >= 15 is 0 Å². The van der Waals surface area contributed by atoms with Crippen molar-refractivity contribution >= 4 is 17.9 Å². The summed E-state index contributed by atoms with van der Waals surface area (Å²) in [6.07, 6.45) is 2.68. The molecule has 5 nitrogen and oxygen atoms in total. The zero-order valence-corrected chi connectivity index (χ0v) is 9.20. The Kier molecular flexibility index (Phi) is 2.86. The lowest BCUT2D eigenvalue weighted by molar-refractivity contribution is -0.121. The Morgan fingerprint density at radius 3 is 3.00 bits per heavy atom. The molecule has 0 saturated carbocycles. The summed E-state index contributed by atoms with van der Waals surface area (Å²) in [7, 11) is 0. The van der Waals surface area contributed by atoms with Crippen molar-refractivity contribution in [2.75, 3.05) is 6.54 Å². The Morgan fingerprint density at radius 2 is 2.40 bits per heavy atom. The standard InChI is InChI=1S/C9H12N2O3S/c1-6-2-3-7(4-11(6)5-12)8-10-15-9(13)14-8/h5-7H,2-4H2,1H3/t6-,7?/m1/s1. The van der Waals surface area contributed by atoms with Gasteiger partial charge in [-0.3, -0.25) is 4.79 Å². The van der Waals surface area contributed by atoms with Crippen molar-refractivity contribution in [3.8, 4) is 0 Å². The van der Waals surface area contributed by atoms with Gasteiger partial charge in [-0.1, -0.05) is 0 Å². The molecule has 0 radical (unpaired) electrons. The molecular weight excluding hydrogens is 216 g/mol. The summed E-state index contributed by atoms with van der Waals surface area (Å²) >= 11 is 0.829. The SMILES string of the molecule is C[C@@H]1CCC(c2nsc(=O)o2)CN1C=O. The van der Waals surface area contributed by atoms with E-state index in [1.807, 2.05) is 6.92 Å². The van der Waals surface area contributed by atoms with E-state index in [-0.39, 0.29) is 16.9 Å². The first kappa shape index (κ1) is 10.4. The van der Waals surface area contributed by atoms with Crippen LogP contribution in [0, 0.1) is 0 Å². The first-order chi connectivity index (χ1) is 7.20. The molecule has 1 aromatic heterocycles. The Labute approximate surface area is 90.9 Å². The van der Waals surface area contributed by atoms with Crippen molar-refractivity contribution in [3.05, 3.63) is 15.6 Å². The smallest absolute Gasteiger partial charge is 0.398 e. The number of carbonyl (C=O) groups excluding carboxylic acids is 1. The van der Waals surface area contributed by atoms with Gasteiger partial charge in [0.25, 0.3) is 0 Å². The lowest BCUT2D eigenvalue weighted by atomic mass is 9.94. The molecule has 2 heterocycles. The first-order valence-corrected chi connectivity index (χ1v) is 5.66. The van der Waals surface area contributed by atoms with Gasteiger partial charge in [0.15, 0.2) is 0 Å². The molecule has 1 aliphatic rings. The molecule has 1 fully saturated rings. The minimum absolute atomic E-state index is 0.0744. The van der Waals surface area contributed by atoms with Crippen LogP contribution in [0.1, 0.15) is 31.6 Å². The fourth-order valence-corrected chi connectivity index (χ4v) is 2.32. The maximum absolute atomic E-state index is 10.9. The van der Waals surface area contributed by atoms with Crippen molar-refractivity contribution < 1.29 is 9.21 Å². The molecule has 1 amide bonds. The maximum atomic E-state index is 10.9. The van der Waals surface area contributed by atoms with Crippen LogP contribution in [0.2, 0.25) is 0 Å². The van der Waals surface area contributed by atoms with E-state index in [1.165, 1.54) is 0 Å². The lowest BCUT2D eigenvalue weighted by Gasteiger charge is -2.33. The van der Waals surface area contributed by atoms with E-state index in [1.54, 1.807) is 4.90 Å². The van der Waals surface area contributed by atoms with E-state index in [9.17, 15) is 9.59 Å². The summed E-state index contributed by atoms with van der Waals surface area (Å²) in [4.78, 5) is 23.0. The number of rotatable bonds is 2. The molecule has 0 aromatic carbocycles. The summed E-state index contributed by atoms with van der Waals surface area (Å²) in [5.74, 6) is 0.550. The van der Waals surface area contributed by atoms with Gasteiger partial charge in [0, 0.05) is 24.1 Å². The van der Waals surface area contributed by atoms with E-state index in [0.717, 1.165) is 30.8 Å². The molecule has 1 aromatic rings. The fraction of sp³-hybridized carbons (Fsp3) is 0.667. The second kappa shape index (κ2) is 4.14. The fourth-order valence-electron chi connectivity index (χ4n) is 1.85. The lowest BCUT2D eigenvalue weighted by Crippen LogP contribution is -2.39. The highest BCUT2D eigenvalue weighted by atomic mass is 32.1. The second-order valence-corrected chi connectivity index (χ2v) is 4.50. The van der Waals surface area contributed by atoms with Crippen LogP contribution in [-0.4, -0.2) is 28.3 Å². The van der Waals surface area contributed by atoms with Crippen molar-refractivity contribution in [1.29, 1.82) is 0 Å². The highest BCUT2D eigenvalue weighted by Gasteiger charge is 2.28. The van der Waals surface area contributed by atoms with Gasteiger partial charge in [-0.25, -0.2) is 4.79 Å². The summed E-state index contributed by atoms with van der Waals surface area (Å²) in [6.45, 7) is 2.61. The van der Waals surface area contributed by atoms with Gasteiger partial charge in [-0.05, 0) is 19.8 Å². The zero-order valence-electron chi connectivity index (χ0n) is 8.38. The Morgan fingerprint density at radius 1 is 1.60 bits per heavy atom. The Bertz CT molecular complexity index is 400. The predicted octanol–water partition coefficient (Wildman–Crippen LogP) is 0.821. The van der Waals surface area contributed by atoms with Gasteiger partial charge in [-0.2, -0.15) is 4.37 Å². The van der Waals surface area contributed by atoms with Crippen molar-refractivity contribution in [2.45, 2.75) is 31.7 Å². The average molecular weight is 228 g/mol. The molecule has 1 saturated heterocycles. The van der Waals surface area contributed by atoms with Crippen LogP contribution in [0.4, 0.5) is 0 Å². The molecule has 0 bridgehead atoms. The molecule has 2 atom stereocenters. The highest BCUT2D eigenvalue weighted by molar-refractivity contribution is 7.02. The molecule has 82 valence electrons. The molecule has 0 spiro atoms. The van der Waals surface area contributed by atoms with Gasteiger partial charge in [0.2, 0.25) is 12.3 Å². The maximum Gasteiger partial charge on any atom is 0.414 e. The van der Waals surface area contributed by atoms with Crippen LogP contribution in [-0.2, 0) is 4.79 Å². The predicted molar refractivity (Wildman–Crippen MR) is 54.9 cm³/mol. The van der Waals surface area contributed by atoms with Crippen LogP contribution in [0.15, 0.2) is 9.21 Å². The van der Waals surface area contributed by atoms with E-state index < -0.39 is 0 Å². The zero-order chi connectivity index (χ0) is 10.8. The van der Waals surface area contributed by atoms with Gasteiger partial charge in [0.1, 0.15) is 0 Å². The monoisotopic (exact) mass is 228 g/mol. The van der Waals surface area contributed by atoms with Crippen molar-refractivity contribution in [3.63, 3.8) is 0 Å². The number of hydrogen-bond acceptors (Lipinski definition) is 5. The van der Waals surface area contributed by atoms with Gasteiger partial charge < -0.3 is 9.32 Å². The van der Waals surface area contributed by atoms with Crippen LogP contribution < -0.4 is 4.94 Å². The molecule has 0 N–H and O–H groups in total. The van der Waals surface area contributed by atoms with Crippen LogP contribution in [0.3, 0.4) is 0 Å². The van der Waals surface area contributed by atoms with Crippen LogP contribution >= 0.6 is 11.5 Å². The average Bonchev–Trinajstić information content (AvgIpc) is 2.66. The van der Waals surface area contributed by atoms with Gasteiger partial charge in [-0.15, -0.1) is 0 Å². The second-order valence-electron chi connectivity index (χ2n) is 3.80. The summed E-state index contributed by atoms with van der Waals surface area (Å²) in [5.41, 5.74) is 0. The number of aromatic nitrogens is 1. The normalized spacial score (nSPS) is 26.6. The third-order valence-corrected chi connectivity index (χ3v) is 3.32. The molecule has 2 rings (SSSR count). The van der Waals surface area contributed by atoms with Gasteiger partial charge in [0.05, 0.1) is 5.92 Å². The largest absolute Gasteiger partial charge is 0.414 e. The molecule has 1 unspecified atom stereocenters. The summed E-state index contributed by atoms with van der Waals surface area (Å²) in [6, 6.07) is 0.268. The highest BCUT2D eigenvalue weighted by Crippen LogP contribution is 2.27. The van der Waals surface area contributed by atoms with E-state index in [2.05, 4.69) is 4.37 Å². The molecule has 0 aliphatic carbocycles. The van der Waals surface area contributed by atoms with Crippen molar-refractivity contribution in [2.24, 2.45) is 0 Å². The molecule has 15 heavy (non-hydrogen) atoms. The topological polar surface area (TPSA) is 63.4 Å². The number of amides is 1.